The number of rotatable bonds is 3. The summed E-state index contributed by atoms with van der Waals surface area (Å²) in [7, 11) is -3.73. The smallest absolute Gasteiger partial charge is 0.264 e. The molecule has 3 N–H and O–H groups in total. The Morgan fingerprint density at radius 3 is 2.35 bits per heavy atom. The minimum atomic E-state index is -3.73. The quantitative estimate of drug-likeness (QED) is 0.850. The van der Waals surface area contributed by atoms with E-state index in [2.05, 4.69) is 9.71 Å². The molecule has 2 aromatic rings. The molecule has 2 rings (SSSR count). The fourth-order valence-corrected chi connectivity index (χ4v) is 3.48. The molecular weight excluding hydrogens is 274 g/mol. The molecule has 0 atom stereocenters. The van der Waals surface area contributed by atoms with E-state index in [-0.39, 0.29) is 10.6 Å². The van der Waals surface area contributed by atoms with Crippen LogP contribution in [0, 0.1) is 20.8 Å². The lowest BCUT2D eigenvalue weighted by molar-refractivity contribution is 0.601. The van der Waals surface area contributed by atoms with Crippen molar-refractivity contribution in [2.75, 3.05) is 10.5 Å². The van der Waals surface area contributed by atoms with Gasteiger partial charge in [-0.1, -0.05) is 12.1 Å². The number of aryl methyl sites for hydroxylation is 3. The summed E-state index contributed by atoms with van der Waals surface area (Å²) in [6.07, 6.45) is 3.09. The van der Waals surface area contributed by atoms with Crippen LogP contribution in [0.5, 0.6) is 0 Å². The minimum absolute atomic E-state index is 0.126. The molecule has 0 unspecified atom stereocenters. The van der Waals surface area contributed by atoms with Crippen LogP contribution < -0.4 is 10.5 Å². The van der Waals surface area contributed by atoms with Gasteiger partial charge in [0.1, 0.15) is 4.90 Å². The van der Waals surface area contributed by atoms with E-state index in [9.17, 15) is 8.42 Å². The molecule has 1 heterocycles. The number of pyridine rings is 1. The molecule has 106 valence electrons. The summed E-state index contributed by atoms with van der Waals surface area (Å²) >= 11 is 0. The lowest BCUT2D eigenvalue weighted by atomic mass is 10.1. The number of benzene rings is 1. The number of nitrogens with zero attached hydrogens (tertiary/aromatic N) is 1. The monoisotopic (exact) mass is 291 g/mol. The lowest BCUT2D eigenvalue weighted by Crippen LogP contribution is -2.17. The Morgan fingerprint density at radius 1 is 1.05 bits per heavy atom. The Labute approximate surface area is 118 Å². The zero-order chi connectivity index (χ0) is 14.9. The van der Waals surface area contributed by atoms with Crippen LogP contribution in [-0.4, -0.2) is 13.4 Å². The molecule has 0 saturated heterocycles. The first-order valence-corrected chi connectivity index (χ1v) is 7.60. The molecule has 6 heteroatoms. The van der Waals surface area contributed by atoms with E-state index >= 15 is 0 Å². The molecule has 0 aliphatic rings. The van der Waals surface area contributed by atoms with Gasteiger partial charge < -0.3 is 5.73 Å². The average molecular weight is 291 g/mol. The van der Waals surface area contributed by atoms with Crippen LogP contribution in [0.25, 0.3) is 0 Å². The highest BCUT2D eigenvalue weighted by atomic mass is 32.2. The van der Waals surface area contributed by atoms with E-state index in [1.807, 2.05) is 6.92 Å². The van der Waals surface area contributed by atoms with Gasteiger partial charge in [0.2, 0.25) is 0 Å². The lowest BCUT2D eigenvalue weighted by Gasteiger charge is -2.15. The van der Waals surface area contributed by atoms with Gasteiger partial charge in [0.05, 0.1) is 17.6 Å². The summed E-state index contributed by atoms with van der Waals surface area (Å²) in [5.74, 6) is 0. The van der Waals surface area contributed by atoms with Crippen molar-refractivity contribution in [2.24, 2.45) is 0 Å². The number of hydrogen-bond acceptors (Lipinski definition) is 4. The maximum absolute atomic E-state index is 12.5. The standard InChI is InChI=1S/C14H17N3O2S/c1-9-6-7-16-8-12(9)17-20(18,19)14-11(3)5-4-10(2)13(14)15/h4-8,17H,15H2,1-3H3. The first-order chi connectivity index (χ1) is 9.33. The third kappa shape index (κ3) is 2.60. The van der Waals surface area contributed by atoms with Gasteiger partial charge in [0.15, 0.2) is 0 Å². The van der Waals surface area contributed by atoms with Gasteiger partial charge in [-0.05, 0) is 43.5 Å². The maximum atomic E-state index is 12.5. The van der Waals surface area contributed by atoms with Crippen LogP contribution in [0.15, 0.2) is 35.5 Å². The van der Waals surface area contributed by atoms with E-state index in [0.717, 1.165) is 11.1 Å². The Morgan fingerprint density at radius 2 is 1.70 bits per heavy atom. The van der Waals surface area contributed by atoms with Gasteiger partial charge >= 0.3 is 0 Å². The molecule has 1 aromatic heterocycles. The second-order valence-electron chi connectivity index (χ2n) is 4.74. The molecule has 0 amide bonds. The number of aromatic nitrogens is 1. The highest BCUT2D eigenvalue weighted by molar-refractivity contribution is 7.93. The van der Waals surface area contributed by atoms with E-state index in [1.165, 1.54) is 6.20 Å². The number of hydrogen-bond donors (Lipinski definition) is 2. The van der Waals surface area contributed by atoms with Gasteiger partial charge in [-0.25, -0.2) is 8.42 Å². The molecule has 5 nitrogen and oxygen atoms in total. The highest BCUT2D eigenvalue weighted by Gasteiger charge is 2.22. The van der Waals surface area contributed by atoms with Crippen molar-refractivity contribution in [2.45, 2.75) is 25.7 Å². The van der Waals surface area contributed by atoms with Crippen LogP contribution in [0.3, 0.4) is 0 Å². The number of anilines is 2. The molecule has 0 radical (unpaired) electrons. The SMILES string of the molecule is Cc1ccncc1NS(=O)(=O)c1c(C)ccc(C)c1N. The van der Waals surface area contributed by atoms with Gasteiger partial charge in [0, 0.05) is 6.20 Å². The highest BCUT2D eigenvalue weighted by Crippen LogP contribution is 2.28. The third-order valence-electron chi connectivity index (χ3n) is 3.16. The van der Waals surface area contributed by atoms with E-state index in [4.69, 9.17) is 5.73 Å². The number of sulfonamides is 1. The minimum Gasteiger partial charge on any atom is -0.397 e. The molecule has 0 aliphatic carbocycles. The second kappa shape index (κ2) is 5.13. The molecule has 0 bridgehead atoms. The summed E-state index contributed by atoms with van der Waals surface area (Å²) in [6.45, 7) is 5.32. The first kappa shape index (κ1) is 14.3. The Hall–Kier alpha value is -2.08. The first-order valence-electron chi connectivity index (χ1n) is 6.12. The summed E-state index contributed by atoms with van der Waals surface area (Å²) in [6, 6.07) is 5.29. The number of nitrogens with two attached hydrogens (primary N) is 1. The summed E-state index contributed by atoms with van der Waals surface area (Å²) in [5.41, 5.74) is 8.80. The number of nitrogens with one attached hydrogen (secondary N) is 1. The van der Waals surface area contributed by atoms with Crippen molar-refractivity contribution < 1.29 is 8.42 Å². The largest absolute Gasteiger partial charge is 0.397 e. The van der Waals surface area contributed by atoms with Crippen molar-refractivity contribution in [1.29, 1.82) is 0 Å². The van der Waals surface area contributed by atoms with Crippen LogP contribution in [0.4, 0.5) is 11.4 Å². The molecular formula is C14H17N3O2S. The molecule has 0 fully saturated rings. The predicted molar refractivity (Wildman–Crippen MR) is 80.1 cm³/mol. The van der Waals surface area contributed by atoms with Gasteiger partial charge in [0.25, 0.3) is 10.0 Å². The van der Waals surface area contributed by atoms with E-state index in [1.54, 1.807) is 38.2 Å². The maximum Gasteiger partial charge on any atom is 0.264 e. The average Bonchev–Trinajstić information content (AvgIpc) is 2.37. The molecule has 1 aromatic carbocycles. The normalized spacial score (nSPS) is 11.3. The Balaban J connectivity index is 2.52. The van der Waals surface area contributed by atoms with Gasteiger partial charge in [-0.2, -0.15) is 0 Å². The molecule has 0 spiro atoms. The third-order valence-corrected chi connectivity index (χ3v) is 4.73. The van der Waals surface area contributed by atoms with Crippen molar-refractivity contribution in [3.8, 4) is 0 Å². The van der Waals surface area contributed by atoms with Crippen molar-refractivity contribution in [1.82, 2.24) is 4.98 Å². The van der Waals surface area contributed by atoms with Crippen LogP contribution in [0.1, 0.15) is 16.7 Å². The fourth-order valence-electron chi connectivity index (χ4n) is 1.93. The van der Waals surface area contributed by atoms with Crippen molar-refractivity contribution in [3.63, 3.8) is 0 Å². The number of nitrogen functional groups attached to an aromatic ring is 1. The predicted octanol–water partition coefficient (Wildman–Crippen LogP) is 2.39. The van der Waals surface area contributed by atoms with Crippen molar-refractivity contribution in [3.05, 3.63) is 47.3 Å². The van der Waals surface area contributed by atoms with Crippen LogP contribution in [-0.2, 0) is 10.0 Å². The Kier molecular flexibility index (Phi) is 3.67. The summed E-state index contributed by atoms with van der Waals surface area (Å²) in [5, 5.41) is 0. The summed E-state index contributed by atoms with van der Waals surface area (Å²) < 4.78 is 27.6. The molecule has 0 saturated carbocycles. The van der Waals surface area contributed by atoms with Crippen LogP contribution >= 0.6 is 0 Å². The zero-order valence-corrected chi connectivity index (χ0v) is 12.5. The van der Waals surface area contributed by atoms with E-state index in [0.29, 0.717) is 11.3 Å². The fraction of sp³-hybridized carbons (Fsp3) is 0.214. The Bertz CT molecular complexity index is 755. The van der Waals surface area contributed by atoms with Gasteiger partial charge in [-0.3, -0.25) is 9.71 Å². The topological polar surface area (TPSA) is 85.1 Å². The van der Waals surface area contributed by atoms with Crippen molar-refractivity contribution >= 4 is 21.4 Å². The van der Waals surface area contributed by atoms with Gasteiger partial charge in [-0.15, -0.1) is 0 Å². The van der Waals surface area contributed by atoms with E-state index < -0.39 is 10.0 Å². The zero-order valence-electron chi connectivity index (χ0n) is 11.6. The van der Waals surface area contributed by atoms with Crippen LogP contribution in [0.2, 0.25) is 0 Å². The molecule has 0 aliphatic heterocycles. The summed E-state index contributed by atoms with van der Waals surface area (Å²) in [4.78, 5) is 4.05. The molecule has 20 heavy (non-hydrogen) atoms. The second-order valence-corrected chi connectivity index (χ2v) is 6.36.